The third-order valence-electron chi connectivity index (χ3n) is 3.36. The van der Waals surface area contributed by atoms with Crippen molar-refractivity contribution in [2.45, 2.75) is 33.4 Å². The van der Waals surface area contributed by atoms with Gasteiger partial charge in [0.1, 0.15) is 0 Å². The van der Waals surface area contributed by atoms with Crippen molar-refractivity contribution in [1.82, 2.24) is 5.32 Å². The Bertz CT molecular complexity index is 533. The highest BCUT2D eigenvalue weighted by atomic mass is 32.1. The zero-order valence-corrected chi connectivity index (χ0v) is 13.5. The lowest BCUT2D eigenvalue weighted by Crippen LogP contribution is -2.16. The van der Waals surface area contributed by atoms with Gasteiger partial charge in [0.2, 0.25) is 0 Å². The molecule has 0 radical (unpaired) electrons. The summed E-state index contributed by atoms with van der Waals surface area (Å²) in [6.07, 6.45) is 1.19. The number of para-hydroxylation sites is 1. The van der Waals surface area contributed by atoms with Crippen molar-refractivity contribution in [1.29, 1.82) is 0 Å². The predicted molar refractivity (Wildman–Crippen MR) is 89.6 cm³/mol. The highest BCUT2D eigenvalue weighted by molar-refractivity contribution is 7.12. The van der Waals surface area contributed by atoms with Crippen LogP contribution in [0, 0.1) is 6.92 Å². The fraction of sp³-hybridized carbons (Fsp3) is 0.412. The van der Waals surface area contributed by atoms with Gasteiger partial charge >= 0.3 is 0 Å². The Hall–Kier alpha value is -1.32. The Morgan fingerprint density at radius 1 is 1.10 bits per heavy atom. The molecule has 1 N–H and O–H groups in total. The van der Waals surface area contributed by atoms with Gasteiger partial charge in [0, 0.05) is 29.0 Å². The van der Waals surface area contributed by atoms with Crippen LogP contribution in [-0.4, -0.2) is 13.6 Å². The van der Waals surface area contributed by atoms with E-state index in [9.17, 15) is 0 Å². The Kier molecular flexibility index (Phi) is 5.62. The molecule has 0 unspecified atom stereocenters. The maximum absolute atomic E-state index is 3.46. The molecule has 2 nitrogen and oxygen atoms in total. The molecular weight excluding hydrogens is 264 g/mol. The number of nitrogens with one attached hydrogen (secondary N) is 1. The van der Waals surface area contributed by atoms with Crippen LogP contribution in [0.15, 0.2) is 36.4 Å². The van der Waals surface area contributed by atoms with Gasteiger partial charge < -0.3 is 10.2 Å². The lowest BCUT2D eigenvalue weighted by molar-refractivity contribution is 0.681. The Morgan fingerprint density at radius 3 is 2.60 bits per heavy atom. The number of hydrogen-bond acceptors (Lipinski definition) is 3. The molecule has 2 rings (SSSR count). The van der Waals surface area contributed by atoms with Crippen LogP contribution in [0.4, 0.5) is 5.69 Å². The highest BCUT2D eigenvalue weighted by Gasteiger charge is 2.06. The van der Waals surface area contributed by atoms with Crippen LogP contribution >= 0.6 is 11.3 Å². The first kappa shape index (κ1) is 15.1. The number of thiophene rings is 1. The van der Waals surface area contributed by atoms with Crippen LogP contribution in [0.5, 0.6) is 0 Å². The largest absolute Gasteiger partial charge is 0.369 e. The van der Waals surface area contributed by atoms with Crippen molar-refractivity contribution in [3.63, 3.8) is 0 Å². The molecule has 0 fully saturated rings. The Balaban J connectivity index is 1.95. The molecule has 0 atom stereocenters. The molecule has 2 aromatic rings. The molecular formula is C17H24N2S. The molecule has 1 heterocycles. The van der Waals surface area contributed by atoms with Crippen LogP contribution in [0.25, 0.3) is 0 Å². The zero-order chi connectivity index (χ0) is 14.4. The molecule has 0 aliphatic heterocycles. The van der Waals surface area contributed by atoms with E-state index in [-0.39, 0.29) is 0 Å². The van der Waals surface area contributed by atoms with Gasteiger partial charge in [-0.2, -0.15) is 0 Å². The van der Waals surface area contributed by atoms with Crippen molar-refractivity contribution in [2.75, 3.05) is 18.5 Å². The van der Waals surface area contributed by atoms with E-state index < -0.39 is 0 Å². The second-order valence-electron chi connectivity index (χ2n) is 5.19. The van der Waals surface area contributed by atoms with Crippen LogP contribution in [-0.2, 0) is 13.1 Å². The fourth-order valence-corrected chi connectivity index (χ4v) is 3.34. The van der Waals surface area contributed by atoms with Gasteiger partial charge in [-0.1, -0.05) is 25.1 Å². The summed E-state index contributed by atoms with van der Waals surface area (Å²) >= 11 is 1.91. The van der Waals surface area contributed by atoms with Crippen molar-refractivity contribution >= 4 is 17.0 Å². The van der Waals surface area contributed by atoms with Crippen molar-refractivity contribution in [3.05, 3.63) is 51.7 Å². The number of nitrogens with zero attached hydrogens (tertiary/aromatic N) is 1. The molecule has 0 spiro atoms. The zero-order valence-electron chi connectivity index (χ0n) is 12.6. The van der Waals surface area contributed by atoms with E-state index in [1.54, 1.807) is 0 Å². The molecule has 0 saturated carbocycles. The molecule has 108 valence electrons. The number of rotatable bonds is 7. The summed E-state index contributed by atoms with van der Waals surface area (Å²) in [5, 5.41) is 3.46. The van der Waals surface area contributed by atoms with Crippen molar-refractivity contribution < 1.29 is 0 Å². The normalized spacial score (nSPS) is 10.8. The van der Waals surface area contributed by atoms with Gasteiger partial charge in [-0.05, 0) is 43.7 Å². The van der Waals surface area contributed by atoms with Gasteiger partial charge in [-0.25, -0.2) is 0 Å². The van der Waals surface area contributed by atoms with Crippen molar-refractivity contribution in [2.24, 2.45) is 0 Å². The molecule has 0 aliphatic rings. The molecule has 1 aromatic carbocycles. The van der Waals surface area contributed by atoms with Gasteiger partial charge in [0.05, 0.1) is 6.54 Å². The summed E-state index contributed by atoms with van der Waals surface area (Å²) < 4.78 is 0. The lowest BCUT2D eigenvalue weighted by Gasteiger charge is -2.20. The topological polar surface area (TPSA) is 15.3 Å². The monoisotopic (exact) mass is 288 g/mol. The second-order valence-corrected chi connectivity index (χ2v) is 6.44. The van der Waals surface area contributed by atoms with Gasteiger partial charge in [0.25, 0.3) is 0 Å². The number of anilines is 1. The summed E-state index contributed by atoms with van der Waals surface area (Å²) in [5.41, 5.74) is 2.64. The van der Waals surface area contributed by atoms with Crippen LogP contribution < -0.4 is 10.2 Å². The van der Waals surface area contributed by atoms with Crippen LogP contribution in [0.1, 0.15) is 28.7 Å². The maximum atomic E-state index is 3.46. The molecule has 20 heavy (non-hydrogen) atoms. The standard InChI is InChI=1S/C17H24N2S/c1-4-11-18-12-15-9-10-16(20-15)13-19(3)17-8-6-5-7-14(17)2/h5-10,18H,4,11-13H2,1-3H3. The predicted octanol–water partition coefficient (Wildman–Crippen LogP) is 4.19. The summed E-state index contributed by atoms with van der Waals surface area (Å²) in [6.45, 7) is 7.43. The van der Waals surface area contributed by atoms with E-state index in [1.807, 2.05) is 11.3 Å². The van der Waals surface area contributed by atoms with Gasteiger partial charge in [-0.15, -0.1) is 11.3 Å². The van der Waals surface area contributed by atoms with E-state index in [0.717, 1.165) is 19.6 Å². The average molecular weight is 288 g/mol. The molecule has 0 aliphatic carbocycles. The smallest absolute Gasteiger partial charge is 0.0519 e. The SMILES string of the molecule is CCCNCc1ccc(CN(C)c2ccccc2C)s1. The molecule has 0 bridgehead atoms. The number of aryl methyl sites for hydroxylation is 1. The maximum Gasteiger partial charge on any atom is 0.0519 e. The average Bonchev–Trinajstić information content (AvgIpc) is 2.87. The van der Waals surface area contributed by atoms with Gasteiger partial charge in [0.15, 0.2) is 0 Å². The number of benzene rings is 1. The van der Waals surface area contributed by atoms with E-state index in [0.29, 0.717) is 0 Å². The first-order valence-corrected chi connectivity index (χ1v) is 8.07. The molecule has 0 saturated heterocycles. The quantitative estimate of drug-likeness (QED) is 0.768. The first-order valence-electron chi connectivity index (χ1n) is 7.25. The summed E-state index contributed by atoms with van der Waals surface area (Å²) in [6, 6.07) is 13.0. The van der Waals surface area contributed by atoms with E-state index in [2.05, 4.69) is 67.5 Å². The van der Waals surface area contributed by atoms with Gasteiger partial charge in [-0.3, -0.25) is 0 Å². The van der Waals surface area contributed by atoms with E-state index in [4.69, 9.17) is 0 Å². The molecule has 0 amide bonds. The van der Waals surface area contributed by atoms with E-state index >= 15 is 0 Å². The first-order chi connectivity index (χ1) is 9.70. The Labute approximate surface area is 126 Å². The van der Waals surface area contributed by atoms with Crippen LogP contribution in [0.3, 0.4) is 0 Å². The minimum absolute atomic E-state index is 0.975. The second kappa shape index (κ2) is 7.46. The molecule has 3 heteroatoms. The molecule has 1 aromatic heterocycles. The summed E-state index contributed by atoms with van der Waals surface area (Å²) in [7, 11) is 2.16. The minimum atomic E-state index is 0.975. The number of hydrogen-bond donors (Lipinski definition) is 1. The van der Waals surface area contributed by atoms with Crippen LogP contribution in [0.2, 0.25) is 0 Å². The van der Waals surface area contributed by atoms with E-state index in [1.165, 1.54) is 27.4 Å². The summed E-state index contributed by atoms with van der Waals surface area (Å²) in [4.78, 5) is 5.17. The third kappa shape index (κ3) is 4.09. The fourth-order valence-electron chi connectivity index (χ4n) is 2.30. The summed E-state index contributed by atoms with van der Waals surface area (Å²) in [5.74, 6) is 0. The van der Waals surface area contributed by atoms with Crippen molar-refractivity contribution in [3.8, 4) is 0 Å². The minimum Gasteiger partial charge on any atom is -0.369 e. The Morgan fingerprint density at radius 2 is 1.85 bits per heavy atom. The third-order valence-corrected chi connectivity index (χ3v) is 4.43. The highest BCUT2D eigenvalue weighted by Crippen LogP contribution is 2.23. The lowest BCUT2D eigenvalue weighted by atomic mass is 10.2.